The molecule has 0 spiro atoms. The van der Waals surface area contributed by atoms with Crippen LogP contribution in [0.25, 0.3) is 11.1 Å². The van der Waals surface area contributed by atoms with Crippen molar-refractivity contribution in [2.75, 3.05) is 45.8 Å². The van der Waals surface area contributed by atoms with Gasteiger partial charge in [-0.05, 0) is 23.8 Å². The summed E-state index contributed by atoms with van der Waals surface area (Å²) in [5.41, 5.74) is 2.79. The molecule has 0 radical (unpaired) electrons. The van der Waals surface area contributed by atoms with Crippen molar-refractivity contribution in [3.63, 3.8) is 0 Å². The second-order valence-electron chi connectivity index (χ2n) is 8.07. The van der Waals surface area contributed by atoms with E-state index < -0.39 is 6.10 Å². The SMILES string of the molecule is COc1ccc(-c2cnc(N(C)C)nc2[C@H]2CN(C(=O)c3ccc(=O)n(C)c3)CCO2)cc1. The number of pyridine rings is 1. The Hall–Kier alpha value is -3.72. The van der Waals surface area contributed by atoms with Crippen molar-refractivity contribution in [3.05, 3.63) is 70.4 Å². The molecule has 0 N–H and O–H groups in total. The normalized spacial score (nSPS) is 15.9. The number of ether oxygens (including phenoxy) is 2. The summed E-state index contributed by atoms with van der Waals surface area (Å²) in [7, 11) is 7.01. The second kappa shape index (κ2) is 9.41. The Labute approximate surface area is 192 Å². The lowest BCUT2D eigenvalue weighted by Crippen LogP contribution is -2.43. The Kier molecular flexibility index (Phi) is 6.41. The molecule has 1 fully saturated rings. The predicted octanol–water partition coefficient (Wildman–Crippen LogP) is 2.13. The van der Waals surface area contributed by atoms with E-state index >= 15 is 0 Å². The van der Waals surface area contributed by atoms with Crippen molar-refractivity contribution >= 4 is 11.9 Å². The van der Waals surface area contributed by atoms with Gasteiger partial charge in [0.2, 0.25) is 11.5 Å². The Bertz CT molecular complexity index is 1210. The van der Waals surface area contributed by atoms with Crippen molar-refractivity contribution in [2.45, 2.75) is 6.10 Å². The van der Waals surface area contributed by atoms with E-state index in [0.717, 1.165) is 22.6 Å². The first-order chi connectivity index (χ1) is 15.9. The number of aryl methyl sites for hydroxylation is 1. The largest absolute Gasteiger partial charge is 0.497 e. The van der Waals surface area contributed by atoms with Gasteiger partial charge in [-0.25, -0.2) is 9.97 Å². The fourth-order valence-corrected chi connectivity index (χ4v) is 3.74. The van der Waals surface area contributed by atoms with E-state index in [4.69, 9.17) is 14.5 Å². The van der Waals surface area contributed by atoms with E-state index in [-0.39, 0.29) is 11.5 Å². The predicted molar refractivity (Wildman–Crippen MR) is 125 cm³/mol. The highest BCUT2D eigenvalue weighted by atomic mass is 16.5. The van der Waals surface area contributed by atoms with E-state index in [9.17, 15) is 9.59 Å². The minimum atomic E-state index is -0.422. The Morgan fingerprint density at radius 2 is 1.94 bits per heavy atom. The van der Waals surface area contributed by atoms with Crippen LogP contribution >= 0.6 is 0 Å². The van der Waals surface area contributed by atoms with Crippen molar-refractivity contribution in [1.82, 2.24) is 19.4 Å². The number of carbonyl (C=O) groups excluding carboxylic acids is 1. The zero-order valence-electron chi connectivity index (χ0n) is 19.2. The van der Waals surface area contributed by atoms with Crippen LogP contribution in [-0.2, 0) is 11.8 Å². The molecule has 3 aromatic rings. The molecule has 0 unspecified atom stereocenters. The van der Waals surface area contributed by atoms with Gasteiger partial charge in [0.15, 0.2) is 0 Å². The second-order valence-corrected chi connectivity index (χ2v) is 8.07. The van der Waals surface area contributed by atoms with Gasteiger partial charge in [0.1, 0.15) is 11.9 Å². The van der Waals surface area contributed by atoms with Crippen LogP contribution in [0.1, 0.15) is 22.2 Å². The summed E-state index contributed by atoms with van der Waals surface area (Å²) in [6.45, 7) is 1.18. The van der Waals surface area contributed by atoms with E-state index in [0.29, 0.717) is 31.2 Å². The third kappa shape index (κ3) is 4.73. The fraction of sp³-hybridized carbons (Fsp3) is 0.333. The van der Waals surface area contributed by atoms with Crippen molar-refractivity contribution in [2.24, 2.45) is 7.05 Å². The number of rotatable bonds is 5. The molecule has 0 saturated carbocycles. The molecule has 1 saturated heterocycles. The van der Waals surface area contributed by atoms with Crippen LogP contribution in [0.15, 0.2) is 53.6 Å². The molecular formula is C24H27N5O4. The van der Waals surface area contributed by atoms with Crippen molar-refractivity contribution in [1.29, 1.82) is 0 Å². The highest BCUT2D eigenvalue weighted by molar-refractivity contribution is 5.94. The van der Waals surface area contributed by atoms with Gasteiger partial charge >= 0.3 is 0 Å². The average Bonchev–Trinajstić information content (AvgIpc) is 2.85. The standard InChI is InChI=1S/C24H27N5O4/c1-27(2)24-25-13-19(16-5-8-18(32-4)9-6-16)22(26-24)20-15-29(11-12-33-20)23(31)17-7-10-21(30)28(3)14-17/h5-10,13-14,20H,11-12,15H2,1-4H3/t20-/m1/s1. The molecule has 3 heterocycles. The summed E-state index contributed by atoms with van der Waals surface area (Å²) in [6.07, 6.45) is 2.93. The Balaban J connectivity index is 1.67. The van der Waals surface area contributed by atoms with Crippen LogP contribution in [0.4, 0.5) is 5.95 Å². The monoisotopic (exact) mass is 449 g/mol. The van der Waals surface area contributed by atoms with Gasteiger partial charge in [-0.2, -0.15) is 0 Å². The van der Waals surface area contributed by atoms with Gasteiger partial charge in [-0.3, -0.25) is 9.59 Å². The maximum absolute atomic E-state index is 13.1. The lowest BCUT2D eigenvalue weighted by Gasteiger charge is -2.33. The zero-order valence-corrected chi connectivity index (χ0v) is 19.2. The summed E-state index contributed by atoms with van der Waals surface area (Å²) in [5.74, 6) is 1.17. The molecule has 4 rings (SSSR count). The lowest BCUT2D eigenvalue weighted by molar-refractivity contribution is -0.0244. The first-order valence-electron chi connectivity index (χ1n) is 10.6. The number of carbonyl (C=O) groups is 1. The number of methoxy groups -OCH3 is 1. The molecule has 1 aliphatic heterocycles. The van der Waals surface area contributed by atoms with E-state index in [2.05, 4.69) is 4.98 Å². The summed E-state index contributed by atoms with van der Waals surface area (Å²) < 4.78 is 12.8. The topological polar surface area (TPSA) is 89.8 Å². The maximum Gasteiger partial charge on any atom is 0.255 e. The highest BCUT2D eigenvalue weighted by Crippen LogP contribution is 2.32. The van der Waals surface area contributed by atoms with Crippen LogP contribution in [0.5, 0.6) is 5.75 Å². The molecule has 1 aliphatic rings. The van der Waals surface area contributed by atoms with Crippen LogP contribution in [-0.4, -0.2) is 66.2 Å². The number of aromatic nitrogens is 3. The third-order valence-corrected chi connectivity index (χ3v) is 5.60. The molecule has 0 aliphatic carbocycles. The molecule has 0 bridgehead atoms. The Morgan fingerprint density at radius 3 is 2.61 bits per heavy atom. The Morgan fingerprint density at radius 1 is 1.18 bits per heavy atom. The summed E-state index contributed by atoms with van der Waals surface area (Å²) >= 11 is 0. The minimum absolute atomic E-state index is 0.146. The quantitative estimate of drug-likeness (QED) is 0.589. The number of hydrogen-bond donors (Lipinski definition) is 0. The molecule has 172 valence electrons. The first kappa shape index (κ1) is 22.5. The number of benzene rings is 1. The van der Waals surface area contributed by atoms with Gasteiger partial charge in [0.05, 0.1) is 31.5 Å². The molecule has 2 aromatic heterocycles. The summed E-state index contributed by atoms with van der Waals surface area (Å²) in [5, 5.41) is 0. The van der Waals surface area contributed by atoms with Crippen LogP contribution in [0, 0.1) is 0 Å². The fourth-order valence-electron chi connectivity index (χ4n) is 3.74. The van der Waals surface area contributed by atoms with Crippen LogP contribution in [0.2, 0.25) is 0 Å². The molecule has 1 amide bonds. The number of morpholine rings is 1. The van der Waals surface area contributed by atoms with E-state index in [1.165, 1.54) is 10.6 Å². The molecule has 9 heteroatoms. The van der Waals surface area contributed by atoms with E-state index in [1.807, 2.05) is 43.3 Å². The lowest BCUT2D eigenvalue weighted by atomic mass is 10.0. The van der Waals surface area contributed by atoms with Gasteiger partial charge in [-0.1, -0.05) is 12.1 Å². The molecule has 9 nitrogen and oxygen atoms in total. The molecule has 33 heavy (non-hydrogen) atoms. The number of hydrogen-bond acceptors (Lipinski definition) is 7. The zero-order chi connectivity index (χ0) is 23.5. The van der Waals surface area contributed by atoms with Crippen LogP contribution in [0.3, 0.4) is 0 Å². The van der Waals surface area contributed by atoms with Gasteiger partial charge in [0.25, 0.3) is 5.91 Å². The smallest absolute Gasteiger partial charge is 0.255 e. The number of anilines is 1. The van der Waals surface area contributed by atoms with Gasteiger partial charge < -0.3 is 23.8 Å². The molecule has 1 aromatic carbocycles. The number of nitrogens with zero attached hydrogens (tertiary/aromatic N) is 5. The molecule has 1 atom stereocenters. The first-order valence-corrected chi connectivity index (χ1v) is 10.6. The highest BCUT2D eigenvalue weighted by Gasteiger charge is 2.30. The van der Waals surface area contributed by atoms with Crippen LogP contribution < -0.4 is 15.2 Å². The maximum atomic E-state index is 13.1. The van der Waals surface area contributed by atoms with Gasteiger partial charge in [0, 0.05) is 51.7 Å². The average molecular weight is 450 g/mol. The van der Waals surface area contributed by atoms with Crippen molar-refractivity contribution < 1.29 is 14.3 Å². The van der Waals surface area contributed by atoms with E-state index in [1.54, 1.807) is 37.5 Å². The molecular weight excluding hydrogens is 422 g/mol. The van der Waals surface area contributed by atoms with Crippen molar-refractivity contribution in [3.8, 4) is 16.9 Å². The third-order valence-electron chi connectivity index (χ3n) is 5.60. The minimum Gasteiger partial charge on any atom is -0.497 e. The summed E-state index contributed by atoms with van der Waals surface area (Å²) in [4.78, 5) is 37.7. The number of amides is 1. The van der Waals surface area contributed by atoms with Gasteiger partial charge in [-0.15, -0.1) is 0 Å². The summed E-state index contributed by atoms with van der Waals surface area (Å²) in [6, 6.07) is 10.6.